The number of rotatable bonds is 5. The number of hydrogen-bond donors (Lipinski definition) is 1. The highest BCUT2D eigenvalue weighted by Crippen LogP contribution is 1.99. The average Bonchev–Trinajstić information content (AvgIpc) is 2.46. The summed E-state index contributed by atoms with van der Waals surface area (Å²) in [5, 5.41) is 6.60. The molecular formula is C7H12FN3OS. The molecule has 1 N–H and O–H groups in total. The largest absolute Gasteiger partial charge is 0.384 e. The van der Waals surface area contributed by atoms with Crippen LogP contribution in [0.25, 0.3) is 0 Å². The third kappa shape index (κ3) is 2.60. The Labute approximate surface area is 80.7 Å². The minimum Gasteiger partial charge on any atom is -0.384 e. The minimum atomic E-state index is -0.437. The summed E-state index contributed by atoms with van der Waals surface area (Å²) in [6.07, 6.45) is 0.642. The molecule has 0 bridgehead atoms. The second kappa shape index (κ2) is 5.08. The number of nitrogens with one attached hydrogen (secondary N) is 1. The molecule has 74 valence electrons. The number of methoxy groups -OCH3 is 1. The molecule has 13 heavy (non-hydrogen) atoms. The molecule has 0 atom stereocenters. The Morgan fingerprint density at radius 1 is 1.69 bits per heavy atom. The zero-order valence-corrected chi connectivity index (χ0v) is 8.23. The second-order valence-electron chi connectivity index (χ2n) is 2.53. The lowest BCUT2D eigenvalue weighted by atomic mass is 10.4. The Morgan fingerprint density at radius 2 is 2.46 bits per heavy atom. The van der Waals surface area contributed by atoms with Gasteiger partial charge in [-0.25, -0.2) is 4.39 Å². The summed E-state index contributed by atoms with van der Waals surface area (Å²) in [6.45, 7) is 0.383. The maximum Gasteiger partial charge on any atom is 0.195 e. The zero-order chi connectivity index (χ0) is 9.68. The van der Waals surface area contributed by atoms with E-state index in [2.05, 4.69) is 10.2 Å². The number of aromatic amines is 1. The van der Waals surface area contributed by atoms with Crippen LogP contribution in [0.1, 0.15) is 5.82 Å². The number of ether oxygens (including phenoxy) is 1. The van der Waals surface area contributed by atoms with E-state index in [0.717, 1.165) is 5.82 Å². The summed E-state index contributed by atoms with van der Waals surface area (Å²) in [4.78, 5) is 0. The van der Waals surface area contributed by atoms with Gasteiger partial charge in [0.25, 0.3) is 0 Å². The quantitative estimate of drug-likeness (QED) is 0.732. The molecule has 1 aromatic rings. The Bertz CT molecular complexity index is 309. The molecule has 4 nitrogen and oxygen atoms in total. The van der Waals surface area contributed by atoms with Crippen molar-refractivity contribution in [3.63, 3.8) is 0 Å². The monoisotopic (exact) mass is 205 g/mol. The number of hydrogen-bond acceptors (Lipinski definition) is 3. The fourth-order valence-electron chi connectivity index (χ4n) is 1.05. The van der Waals surface area contributed by atoms with Gasteiger partial charge in [-0.1, -0.05) is 0 Å². The third-order valence-corrected chi connectivity index (χ3v) is 1.99. The molecule has 0 radical (unpaired) electrons. The predicted octanol–water partition coefficient (Wildman–Crippen LogP) is 1.10. The van der Waals surface area contributed by atoms with Gasteiger partial charge in [-0.3, -0.25) is 5.10 Å². The van der Waals surface area contributed by atoms with Crippen LogP contribution < -0.4 is 0 Å². The van der Waals surface area contributed by atoms with Gasteiger partial charge in [0.1, 0.15) is 12.5 Å². The number of aromatic nitrogens is 3. The Kier molecular flexibility index (Phi) is 4.04. The molecule has 1 aromatic heterocycles. The average molecular weight is 205 g/mol. The highest BCUT2D eigenvalue weighted by atomic mass is 32.1. The van der Waals surface area contributed by atoms with Crippen LogP contribution in [-0.4, -0.2) is 35.2 Å². The fourth-order valence-corrected chi connectivity index (χ4v) is 1.29. The molecule has 0 fully saturated rings. The Morgan fingerprint density at radius 3 is 3.08 bits per heavy atom. The molecule has 0 saturated heterocycles. The van der Waals surface area contributed by atoms with Gasteiger partial charge in [0.05, 0.1) is 13.2 Å². The zero-order valence-electron chi connectivity index (χ0n) is 7.42. The first-order valence-electron chi connectivity index (χ1n) is 3.98. The lowest BCUT2D eigenvalue weighted by Crippen LogP contribution is -2.08. The van der Waals surface area contributed by atoms with Gasteiger partial charge >= 0.3 is 0 Å². The molecule has 6 heteroatoms. The van der Waals surface area contributed by atoms with E-state index in [1.54, 1.807) is 11.7 Å². The van der Waals surface area contributed by atoms with Crippen LogP contribution in [0.3, 0.4) is 0 Å². The first-order chi connectivity index (χ1) is 6.29. The van der Waals surface area contributed by atoms with Crippen LogP contribution in [0.5, 0.6) is 0 Å². The van der Waals surface area contributed by atoms with Crippen molar-refractivity contribution < 1.29 is 9.13 Å². The lowest BCUT2D eigenvalue weighted by Gasteiger charge is -2.02. The van der Waals surface area contributed by atoms with Gasteiger partial charge in [-0.15, -0.1) is 0 Å². The molecular weight excluding hydrogens is 193 g/mol. The van der Waals surface area contributed by atoms with Crippen LogP contribution in [0.2, 0.25) is 0 Å². The Hall–Kier alpha value is -0.750. The molecule has 0 aliphatic rings. The summed E-state index contributed by atoms with van der Waals surface area (Å²) in [5.74, 6) is 0.740. The molecule has 0 aromatic carbocycles. The number of nitrogens with zero attached hydrogens (tertiary/aromatic N) is 2. The predicted molar refractivity (Wildman–Crippen MR) is 49.0 cm³/mol. The van der Waals surface area contributed by atoms with Crippen LogP contribution >= 0.6 is 12.2 Å². The van der Waals surface area contributed by atoms with Crippen molar-refractivity contribution in [2.24, 2.45) is 0 Å². The van der Waals surface area contributed by atoms with E-state index in [1.807, 2.05) is 0 Å². The van der Waals surface area contributed by atoms with Gasteiger partial charge in [0.15, 0.2) is 4.77 Å². The highest BCUT2D eigenvalue weighted by Gasteiger charge is 2.04. The summed E-state index contributed by atoms with van der Waals surface area (Å²) in [6, 6.07) is 0. The summed E-state index contributed by atoms with van der Waals surface area (Å²) >= 11 is 4.93. The van der Waals surface area contributed by atoms with Crippen LogP contribution in [0.15, 0.2) is 0 Å². The molecule has 0 saturated carbocycles. The molecule has 0 amide bonds. The van der Waals surface area contributed by atoms with Gasteiger partial charge < -0.3 is 9.30 Å². The van der Waals surface area contributed by atoms with Crippen molar-refractivity contribution in [1.82, 2.24) is 14.8 Å². The van der Waals surface area contributed by atoms with Crippen molar-refractivity contribution >= 4 is 12.2 Å². The van der Waals surface area contributed by atoms with Crippen molar-refractivity contribution in [2.75, 3.05) is 20.4 Å². The first-order valence-corrected chi connectivity index (χ1v) is 4.39. The summed E-state index contributed by atoms with van der Waals surface area (Å²) in [5.41, 5.74) is 0. The maximum atomic E-state index is 12.1. The van der Waals surface area contributed by atoms with Crippen molar-refractivity contribution in [1.29, 1.82) is 0 Å². The van der Waals surface area contributed by atoms with E-state index < -0.39 is 6.67 Å². The fraction of sp³-hybridized carbons (Fsp3) is 0.714. The number of halogens is 1. The maximum absolute atomic E-state index is 12.1. The van der Waals surface area contributed by atoms with Gasteiger partial charge in [-0.05, 0) is 12.2 Å². The van der Waals surface area contributed by atoms with E-state index in [1.165, 1.54) is 0 Å². The smallest absolute Gasteiger partial charge is 0.195 e. The molecule has 0 aliphatic carbocycles. The second-order valence-corrected chi connectivity index (χ2v) is 2.92. The molecule has 1 heterocycles. The van der Waals surface area contributed by atoms with Crippen molar-refractivity contribution in [3.05, 3.63) is 10.6 Å². The van der Waals surface area contributed by atoms with Crippen molar-refractivity contribution in [2.45, 2.75) is 13.0 Å². The van der Waals surface area contributed by atoms with E-state index in [9.17, 15) is 4.39 Å². The van der Waals surface area contributed by atoms with Crippen LogP contribution in [-0.2, 0) is 17.7 Å². The Balaban J connectivity index is 2.74. The topological polar surface area (TPSA) is 42.8 Å². The number of alkyl halides is 1. The van der Waals surface area contributed by atoms with E-state index >= 15 is 0 Å². The standard InChI is InChI=1S/C7H12FN3OS/c1-12-5-2-6-9-10-7(13)11(6)4-3-8/h2-5H2,1H3,(H,10,13). The molecule has 0 aliphatic heterocycles. The molecule has 0 spiro atoms. The van der Waals surface area contributed by atoms with E-state index in [-0.39, 0.29) is 6.54 Å². The van der Waals surface area contributed by atoms with Crippen LogP contribution in [0.4, 0.5) is 4.39 Å². The first kappa shape index (κ1) is 10.3. The van der Waals surface area contributed by atoms with Gasteiger partial charge in [-0.2, -0.15) is 5.10 Å². The van der Waals surface area contributed by atoms with Gasteiger partial charge in [0.2, 0.25) is 0 Å². The normalized spacial score (nSPS) is 10.6. The molecule has 1 rings (SSSR count). The van der Waals surface area contributed by atoms with E-state index in [4.69, 9.17) is 17.0 Å². The van der Waals surface area contributed by atoms with Gasteiger partial charge in [0, 0.05) is 13.5 Å². The van der Waals surface area contributed by atoms with E-state index in [0.29, 0.717) is 17.8 Å². The minimum absolute atomic E-state index is 0.258. The van der Waals surface area contributed by atoms with Crippen molar-refractivity contribution in [3.8, 4) is 0 Å². The highest BCUT2D eigenvalue weighted by molar-refractivity contribution is 7.71. The lowest BCUT2D eigenvalue weighted by molar-refractivity contribution is 0.199. The molecule has 0 unspecified atom stereocenters. The van der Waals surface area contributed by atoms with Crippen LogP contribution in [0, 0.1) is 4.77 Å². The summed E-state index contributed by atoms with van der Waals surface area (Å²) < 4.78 is 19.1. The number of H-pyrrole nitrogens is 1. The SMILES string of the molecule is COCCc1n[nH]c(=S)n1CCF. The summed E-state index contributed by atoms with van der Waals surface area (Å²) in [7, 11) is 1.61. The third-order valence-electron chi connectivity index (χ3n) is 1.68.